The molecule has 0 aliphatic carbocycles. The highest BCUT2D eigenvalue weighted by atomic mass is 16.4. The van der Waals surface area contributed by atoms with Crippen molar-refractivity contribution in [2.75, 3.05) is 23.4 Å². The van der Waals surface area contributed by atoms with Gasteiger partial charge in [-0.2, -0.15) is 10.4 Å². The van der Waals surface area contributed by atoms with Gasteiger partial charge in [0.25, 0.3) is 0 Å². The van der Waals surface area contributed by atoms with Gasteiger partial charge in [0.05, 0.1) is 30.4 Å². The molecule has 1 N–H and O–H groups in total. The molecule has 6 nitrogen and oxygen atoms in total. The summed E-state index contributed by atoms with van der Waals surface area (Å²) in [6.45, 7) is 5.64. The van der Waals surface area contributed by atoms with E-state index in [0.29, 0.717) is 18.7 Å². The van der Waals surface area contributed by atoms with Crippen LogP contribution in [0.3, 0.4) is 0 Å². The summed E-state index contributed by atoms with van der Waals surface area (Å²) in [5, 5.41) is 23.7. The fourth-order valence-electron chi connectivity index (χ4n) is 2.51. The molecule has 0 amide bonds. The van der Waals surface area contributed by atoms with Gasteiger partial charge < -0.3 is 14.8 Å². The number of benzene rings is 2. The highest BCUT2D eigenvalue weighted by molar-refractivity contribution is 5.86. The summed E-state index contributed by atoms with van der Waals surface area (Å²) in [6.07, 6.45) is 2.22. The number of carbonyl (C=O) groups excluding carboxylic acids is 1. The van der Waals surface area contributed by atoms with Gasteiger partial charge >= 0.3 is 0 Å². The SMILES string of the molecule is CCN(CCC#N)c1ccc(/C=N\Nc2ccc(C(=O)[O-])cc2)c(C)c1. The highest BCUT2D eigenvalue weighted by Crippen LogP contribution is 2.19. The van der Waals surface area contributed by atoms with E-state index in [1.54, 1.807) is 18.3 Å². The van der Waals surface area contributed by atoms with Gasteiger partial charge in [0.2, 0.25) is 0 Å². The van der Waals surface area contributed by atoms with Crippen LogP contribution in [0.4, 0.5) is 11.4 Å². The van der Waals surface area contributed by atoms with Crippen LogP contribution in [-0.4, -0.2) is 25.3 Å². The third kappa shape index (κ3) is 5.08. The standard InChI is InChI=1S/C20H22N4O2/c1-3-24(12-4-11-21)19-10-7-17(15(2)13-19)14-22-23-18-8-5-16(6-9-18)20(25)26/h5-10,13-14,23H,3-4,12H2,1-2H3,(H,25,26)/p-1/b22-14-. The van der Waals surface area contributed by atoms with Crippen molar-refractivity contribution in [3.05, 3.63) is 59.2 Å². The minimum absolute atomic E-state index is 0.128. The van der Waals surface area contributed by atoms with E-state index in [-0.39, 0.29) is 5.56 Å². The van der Waals surface area contributed by atoms with Crippen molar-refractivity contribution in [2.45, 2.75) is 20.3 Å². The number of nitriles is 1. The molecule has 6 heteroatoms. The fraction of sp³-hybridized carbons (Fsp3) is 0.250. The molecule has 0 bridgehead atoms. The van der Waals surface area contributed by atoms with Crippen LogP contribution in [-0.2, 0) is 0 Å². The molecule has 0 radical (unpaired) electrons. The quantitative estimate of drug-likeness (QED) is 0.584. The topological polar surface area (TPSA) is 91.6 Å². The molecule has 0 unspecified atom stereocenters. The van der Waals surface area contributed by atoms with E-state index in [4.69, 9.17) is 5.26 Å². The van der Waals surface area contributed by atoms with Crippen LogP contribution >= 0.6 is 0 Å². The number of carboxylic acids is 1. The summed E-state index contributed by atoms with van der Waals surface area (Å²) in [5.74, 6) is -1.20. The molecular formula is C20H21N4O2-. The average Bonchev–Trinajstić information content (AvgIpc) is 2.64. The Balaban J connectivity index is 2.04. The zero-order valence-corrected chi connectivity index (χ0v) is 14.9. The second-order valence-electron chi connectivity index (χ2n) is 5.76. The number of carboxylic acid groups (broad SMARTS) is 1. The summed E-state index contributed by atoms with van der Waals surface area (Å²) >= 11 is 0. The minimum atomic E-state index is -1.20. The highest BCUT2D eigenvalue weighted by Gasteiger charge is 2.05. The lowest BCUT2D eigenvalue weighted by Gasteiger charge is -2.22. The zero-order chi connectivity index (χ0) is 18.9. The number of rotatable bonds is 8. The number of aryl methyl sites for hydroxylation is 1. The second-order valence-corrected chi connectivity index (χ2v) is 5.76. The van der Waals surface area contributed by atoms with Crippen LogP contribution in [0.15, 0.2) is 47.6 Å². The second kappa shape index (κ2) is 9.23. The number of anilines is 2. The molecule has 2 aromatic carbocycles. The van der Waals surface area contributed by atoms with Gasteiger partial charge in [-0.05, 0) is 54.8 Å². The van der Waals surface area contributed by atoms with Gasteiger partial charge in [-0.25, -0.2) is 0 Å². The number of hydrogen-bond acceptors (Lipinski definition) is 6. The lowest BCUT2D eigenvalue weighted by molar-refractivity contribution is -0.255. The summed E-state index contributed by atoms with van der Waals surface area (Å²) < 4.78 is 0. The summed E-state index contributed by atoms with van der Waals surface area (Å²) in [5.41, 5.74) is 6.83. The number of nitrogens with one attached hydrogen (secondary N) is 1. The van der Waals surface area contributed by atoms with E-state index in [1.807, 2.05) is 19.1 Å². The van der Waals surface area contributed by atoms with Crippen molar-refractivity contribution in [2.24, 2.45) is 5.10 Å². The Hall–Kier alpha value is -3.33. The maximum atomic E-state index is 10.7. The summed E-state index contributed by atoms with van der Waals surface area (Å²) in [6, 6.07) is 14.5. The van der Waals surface area contributed by atoms with Crippen molar-refractivity contribution >= 4 is 23.6 Å². The molecule has 0 atom stereocenters. The van der Waals surface area contributed by atoms with Crippen LogP contribution < -0.4 is 15.4 Å². The first-order valence-corrected chi connectivity index (χ1v) is 8.38. The van der Waals surface area contributed by atoms with Crippen LogP contribution in [0.1, 0.15) is 34.8 Å². The van der Waals surface area contributed by atoms with Gasteiger partial charge in [-0.3, -0.25) is 5.43 Å². The minimum Gasteiger partial charge on any atom is -0.545 e. The molecule has 0 saturated heterocycles. The van der Waals surface area contributed by atoms with Gasteiger partial charge in [-0.15, -0.1) is 0 Å². The van der Waals surface area contributed by atoms with Crippen LogP contribution in [0.5, 0.6) is 0 Å². The number of hydrogen-bond donors (Lipinski definition) is 1. The van der Waals surface area contributed by atoms with Crippen LogP contribution in [0.25, 0.3) is 0 Å². The van der Waals surface area contributed by atoms with Gasteiger partial charge in [0.15, 0.2) is 0 Å². The first kappa shape index (κ1) is 19.0. The maximum Gasteiger partial charge on any atom is 0.0715 e. The van der Waals surface area contributed by atoms with E-state index < -0.39 is 5.97 Å². The molecule has 0 aliphatic heterocycles. The normalized spacial score (nSPS) is 10.5. The first-order valence-electron chi connectivity index (χ1n) is 8.38. The molecule has 0 saturated carbocycles. The zero-order valence-electron chi connectivity index (χ0n) is 14.9. The largest absolute Gasteiger partial charge is 0.545 e. The number of hydrazone groups is 1. The molecule has 26 heavy (non-hydrogen) atoms. The molecule has 0 spiro atoms. The van der Waals surface area contributed by atoms with Crippen molar-refractivity contribution < 1.29 is 9.90 Å². The number of carbonyl (C=O) groups is 1. The van der Waals surface area contributed by atoms with Crippen molar-refractivity contribution in [1.29, 1.82) is 5.26 Å². The fourth-order valence-corrected chi connectivity index (χ4v) is 2.51. The van der Waals surface area contributed by atoms with Crippen molar-refractivity contribution in [3.63, 3.8) is 0 Å². The first-order chi connectivity index (χ1) is 12.5. The Morgan fingerprint density at radius 1 is 1.31 bits per heavy atom. The van der Waals surface area contributed by atoms with Gasteiger partial charge in [0.1, 0.15) is 0 Å². The number of nitrogens with zero attached hydrogens (tertiary/aromatic N) is 3. The predicted molar refractivity (Wildman–Crippen MR) is 101 cm³/mol. The van der Waals surface area contributed by atoms with E-state index in [9.17, 15) is 9.90 Å². The average molecular weight is 349 g/mol. The van der Waals surface area contributed by atoms with E-state index in [0.717, 1.165) is 23.4 Å². The molecule has 0 fully saturated rings. The summed E-state index contributed by atoms with van der Waals surface area (Å²) in [4.78, 5) is 12.9. The molecule has 2 aromatic rings. The third-order valence-electron chi connectivity index (χ3n) is 4.01. The third-order valence-corrected chi connectivity index (χ3v) is 4.01. The Morgan fingerprint density at radius 2 is 2.04 bits per heavy atom. The molecule has 134 valence electrons. The number of aromatic carboxylic acids is 1. The molecule has 0 aromatic heterocycles. The summed E-state index contributed by atoms with van der Waals surface area (Å²) in [7, 11) is 0. The van der Waals surface area contributed by atoms with Gasteiger partial charge in [-0.1, -0.05) is 18.2 Å². The lowest BCUT2D eigenvalue weighted by Crippen LogP contribution is -2.23. The lowest BCUT2D eigenvalue weighted by atomic mass is 10.1. The Bertz CT molecular complexity index is 823. The smallest absolute Gasteiger partial charge is 0.0715 e. The maximum absolute atomic E-state index is 10.7. The Morgan fingerprint density at radius 3 is 2.62 bits per heavy atom. The Kier molecular flexibility index (Phi) is 6.75. The Labute approximate surface area is 153 Å². The van der Waals surface area contributed by atoms with Crippen LogP contribution in [0, 0.1) is 18.3 Å². The molecule has 0 heterocycles. The van der Waals surface area contributed by atoms with Crippen LogP contribution in [0.2, 0.25) is 0 Å². The van der Waals surface area contributed by atoms with Gasteiger partial charge in [0, 0.05) is 18.8 Å². The monoisotopic (exact) mass is 349 g/mol. The van der Waals surface area contributed by atoms with Crippen molar-refractivity contribution in [1.82, 2.24) is 0 Å². The van der Waals surface area contributed by atoms with E-state index in [2.05, 4.69) is 34.5 Å². The van der Waals surface area contributed by atoms with E-state index in [1.165, 1.54) is 12.1 Å². The molecule has 2 rings (SSSR count). The molecular weight excluding hydrogens is 328 g/mol. The predicted octanol–water partition coefficient (Wildman–Crippen LogP) is 2.54. The van der Waals surface area contributed by atoms with Crippen molar-refractivity contribution in [3.8, 4) is 6.07 Å². The molecule has 0 aliphatic rings. The van der Waals surface area contributed by atoms with E-state index >= 15 is 0 Å².